The normalized spacial score (nSPS) is 21.5. The molecule has 3 N–H and O–H groups in total. The lowest BCUT2D eigenvalue weighted by atomic mass is 10.2. The van der Waals surface area contributed by atoms with E-state index < -0.39 is 6.10 Å². The van der Waals surface area contributed by atoms with Gasteiger partial charge in [0, 0.05) is 13.0 Å². The van der Waals surface area contributed by atoms with Crippen LogP contribution < -0.4 is 10.6 Å². The monoisotopic (exact) mass is 259 g/mol. The number of nitrogens with one attached hydrogen (secondary N) is 2. The summed E-state index contributed by atoms with van der Waals surface area (Å²) >= 11 is 1.19. The zero-order valence-electron chi connectivity index (χ0n) is 9.90. The summed E-state index contributed by atoms with van der Waals surface area (Å²) in [5, 5.41) is 14.7. The van der Waals surface area contributed by atoms with Crippen LogP contribution in [0.25, 0.3) is 0 Å². The van der Waals surface area contributed by atoms with Crippen molar-refractivity contribution in [2.45, 2.75) is 32.4 Å². The van der Waals surface area contributed by atoms with Gasteiger partial charge in [0.2, 0.25) is 11.8 Å². The largest absolute Gasteiger partial charge is 0.392 e. The molecule has 96 valence electrons. The molecule has 0 radical (unpaired) electrons. The van der Waals surface area contributed by atoms with Crippen LogP contribution in [-0.2, 0) is 9.59 Å². The number of amidine groups is 1. The van der Waals surface area contributed by atoms with Crippen molar-refractivity contribution in [3.05, 3.63) is 0 Å². The van der Waals surface area contributed by atoms with Crippen LogP contribution in [0.1, 0.15) is 20.3 Å². The van der Waals surface area contributed by atoms with Crippen LogP contribution in [0, 0.1) is 0 Å². The Morgan fingerprint density at radius 1 is 1.76 bits per heavy atom. The number of hydrogen-bond donors (Lipinski definition) is 3. The SMILES string of the molecule is C[C@H](O)CNC(=O)CSC1=N[C@@H](C)CC(=O)N1. The number of aliphatic imine (C=N–C) groups is 1. The van der Waals surface area contributed by atoms with Crippen molar-refractivity contribution in [3.8, 4) is 0 Å². The van der Waals surface area contributed by atoms with Crippen LogP contribution in [0.4, 0.5) is 0 Å². The molecule has 1 aliphatic heterocycles. The first kappa shape index (κ1) is 14.0. The number of rotatable bonds is 4. The lowest BCUT2D eigenvalue weighted by molar-refractivity contribution is -0.120. The summed E-state index contributed by atoms with van der Waals surface area (Å²) in [7, 11) is 0. The van der Waals surface area contributed by atoms with Crippen molar-refractivity contribution in [3.63, 3.8) is 0 Å². The van der Waals surface area contributed by atoms with Crippen LogP contribution in [-0.4, -0.2) is 46.5 Å². The van der Waals surface area contributed by atoms with E-state index >= 15 is 0 Å². The first-order chi connectivity index (χ1) is 7.97. The molecule has 1 aliphatic rings. The van der Waals surface area contributed by atoms with Gasteiger partial charge in [-0.05, 0) is 13.8 Å². The minimum atomic E-state index is -0.560. The highest BCUT2D eigenvalue weighted by atomic mass is 32.2. The van der Waals surface area contributed by atoms with Crippen molar-refractivity contribution in [1.29, 1.82) is 0 Å². The first-order valence-electron chi connectivity index (χ1n) is 5.42. The molecule has 0 fully saturated rings. The molecule has 0 saturated carbocycles. The van der Waals surface area contributed by atoms with Gasteiger partial charge in [-0.3, -0.25) is 14.6 Å². The summed E-state index contributed by atoms with van der Waals surface area (Å²) in [4.78, 5) is 26.8. The van der Waals surface area contributed by atoms with E-state index in [9.17, 15) is 9.59 Å². The molecule has 7 heteroatoms. The number of carbonyl (C=O) groups is 2. The molecule has 0 unspecified atom stereocenters. The average Bonchev–Trinajstić information content (AvgIpc) is 2.22. The summed E-state index contributed by atoms with van der Waals surface area (Å²) in [6.45, 7) is 3.68. The summed E-state index contributed by atoms with van der Waals surface area (Å²) in [5.41, 5.74) is 0. The topological polar surface area (TPSA) is 90.8 Å². The van der Waals surface area contributed by atoms with Gasteiger partial charge in [-0.15, -0.1) is 0 Å². The van der Waals surface area contributed by atoms with E-state index in [0.29, 0.717) is 11.6 Å². The Morgan fingerprint density at radius 2 is 2.47 bits per heavy atom. The predicted octanol–water partition coefficient (Wildman–Crippen LogP) is -0.519. The molecule has 0 aromatic rings. The standard InChI is InChI=1S/C10H17N3O3S/c1-6-3-8(15)13-10(12-6)17-5-9(16)11-4-7(2)14/h6-7,14H,3-5H2,1-2H3,(H,11,16)(H,12,13,15)/t6-,7-/m0/s1. The molecule has 1 heterocycles. The van der Waals surface area contributed by atoms with Gasteiger partial charge in [-0.2, -0.15) is 0 Å². The number of aliphatic hydroxyl groups excluding tert-OH is 1. The summed E-state index contributed by atoms with van der Waals surface area (Å²) in [5.74, 6) is -0.0797. The number of amides is 2. The fraction of sp³-hybridized carbons (Fsp3) is 0.700. The fourth-order valence-electron chi connectivity index (χ4n) is 1.24. The second-order valence-electron chi connectivity index (χ2n) is 3.98. The highest BCUT2D eigenvalue weighted by molar-refractivity contribution is 8.14. The van der Waals surface area contributed by atoms with Gasteiger partial charge in [0.25, 0.3) is 0 Å². The molecule has 2 atom stereocenters. The van der Waals surface area contributed by atoms with Crippen molar-refractivity contribution in [1.82, 2.24) is 10.6 Å². The molecule has 0 aliphatic carbocycles. The van der Waals surface area contributed by atoms with E-state index in [2.05, 4.69) is 15.6 Å². The summed E-state index contributed by atoms with van der Waals surface area (Å²) in [6.07, 6.45) is -0.172. The number of carbonyl (C=O) groups excluding carboxylic acids is 2. The highest BCUT2D eigenvalue weighted by Crippen LogP contribution is 2.10. The Hall–Kier alpha value is -1.08. The van der Waals surface area contributed by atoms with E-state index in [1.165, 1.54) is 11.8 Å². The van der Waals surface area contributed by atoms with Gasteiger partial charge in [0.1, 0.15) is 0 Å². The molecule has 6 nitrogen and oxygen atoms in total. The molecule has 0 bridgehead atoms. The van der Waals surface area contributed by atoms with Gasteiger partial charge >= 0.3 is 0 Å². The zero-order chi connectivity index (χ0) is 12.8. The van der Waals surface area contributed by atoms with E-state index in [4.69, 9.17) is 5.11 Å². The van der Waals surface area contributed by atoms with Gasteiger partial charge in [0.15, 0.2) is 5.17 Å². The lowest BCUT2D eigenvalue weighted by Crippen LogP contribution is -2.37. The third kappa shape index (κ3) is 5.69. The van der Waals surface area contributed by atoms with Gasteiger partial charge in [-0.25, -0.2) is 0 Å². The van der Waals surface area contributed by atoms with Crippen molar-refractivity contribution in [2.24, 2.45) is 4.99 Å². The highest BCUT2D eigenvalue weighted by Gasteiger charge is 2.18. The number of nitrogens with zero attached hydrogens (tertiary/aromatic N) is 1. The van der Waals surface area contributed by atoms with Gasteiger partial charge < -0.3 is 15.7 Å². The third-order valence-electron chi connectivity index (χ3n) is 2.00. The Morgan fingerprint density at radius 3 is 3.06 bits per heavy atom. The fourth-order valence-corrected chi connectivity index (χ4v) is 2.05. The van der Waals surface area contributed by atoms with Crippen LogP contribution in [0.5, 0.6) is 0 Å². The lowest BCUT2D eigenvalue weighted by Gasteiger charge is -2.17. The second-order valence-corrected chi connectivity index (χ2v) is 4.94. The minimum Gasteiger partial charge on any atom is -0.392 e. The first-order valence-corrected chi connectivity index (χ1v) is 6.41. The molecule has 2 amide bonds. The van der Waals surface area contributed by atoms with Crippen LogP contribution in [0.15, 0.2) is 4.99 Å². The van der Waals surface area contributed by atoms with Crippen molar-refractivity contribution < 1.29 is 14.7 Å². The maximum atomic E-state index is 11.3. The molecular formula is C10H17N3O3S. The Bertz CT molecular complexity index is 331. The molecule has 0 aromatic carbocycles. The quantitative estimate of drug-likeness (QED) is 0.633. The number of thioether (sulfide) groups is 1. The van der Waals surface area contributed by atoms with Crippen molar-refractivity contribution in [2.75, 3.05) is 12.3 Å². The second kappa shape index (κ2) is 6.61. The van der Waals surface area contributed by atoms with Crippen LogP contribution in [0.3, 0.4) is 0 Å². The Kier molecular flexibility index (Phi) is 5.43. The average molecular weight is 259 g/mol. The molecule has 0 spiro atoms. The smallest absolute Gasteiger partial charge is 0.230 e. The van der Waals surface area contributed by atoms with E-state index in [1.54, 1.807) is 6.92 Å². The van der Waals surface area contributed by atoms with Crippen LogP contribution >= 0.6 is 11.8 Å². The van der Waals surface area contributed by atoms with Gasteiger partial charge in [0.05, 0.1) is 17.9 Å². The molecular weight excluding hydrogens is 242 g/mol. The van der Waals surface area contributed by atoms with E-state index in [-0.39, 0.29) is 30.2 Å². The molecule has 0 aromatic heterocycles. The summed E-state index contributed by atoms with van der Waals surface area (Å²) in [6, 6.07) is -0.0354. The van der Waals surface area contributed by atoms with E-state index in [1.807, 2.05) is 6.92 Å². The third-order valence-corrected chi connectivity index (χ3v) is 2.89. The predicted molar refractivity (Wildman–Crippen MR) is 66.8 cm³/mol. The molecule has 0 saturated heterocycles. The zero-order valence-corrected chi connectivity index (χ0v) is 10.7. The maximum absolute atomic E-state index is 11.3. The van der Waals surface area contributed by atoms with Gasteiger partial charge in [-0.1, -0.05) is 11.8 Å². The Labute approximate surface area is 104 Å². The number of hydrogen-bond acceptors (Lipinski definition) is 5. The number of aliphatic hydroxyl groups is 1. The molecule has 17 heavy (non-hydrogen) atoms. The van der Waals surface area contributed by atoms with Crippen LogP contribution in [0.2, 0.25) is 0 Å². The van der Waals surface area contributed by atoms with E-state index in [0.717, 1.165) is 0 Å². The minimum absolute atomic E-state index is 0.0354. The summed E-state index contributed by atoms with van der Waals surface area (Å²) < 4.78 is 0. The Balaban J connectivity index is 2.30. The van der Waals surface area contributed by atoms with Crippen molar-refractivity contribution >= 4 is 28.7 Å². The molecule has 1 rings (SSSR count). The maximum Gasteiger partial charge on any atom is 0.230 e.